The average Bonchev–Trinajstić information content (AvgIpc) is 3.04. The summed E-state index contributed by atoms with van der Waals surface area (Å²) in [7, 11) is -3.30. The Hall–Kier alpha value is -2.10. The monoisotopic (exact) mass is 529 g/mol. The van der Waals surface area contributed by atoms with Crippen LogP contribution >= 0.6 is 23.2 Å². The summed E-state index contributed by atoms with van der Waals surface area (Å²) in [5.74, 6) is -0.0932. The van der Waals surface area contributed by atoms with Gasteiger partial charge in [-0.25, -0.2) is 17.8 Å². The van der Waals surface area contributed by atoms with E-state index in [-0.39, 0.29) is 44.7 Å². The number of rotatable bonds is 6. The minimum Gasteiger partial charge on any atom is -0.476 e. The summed E-state index contributed by atoms with van der Waals surface area (Å²) in [6, 6.07) is 6.14. The molecule has 2 aliphatic rings. The summed E-state index contributed by atoms with van der Waals surface area (Å²) in [6.45, 7) is 3.24. The lowest BCUT2D eigenvalue weighted by atomic mass is 9.96. The van der Waals surface area contributed by atoms with E-state index in [0.717, 1.165) is 43.8 Å². The van der Waals surface area contributed by atoms with Gasteiger partial charge in [0.05, 0.1) is 9.92 Å². The van der Waals surface area contributed by atoms with Gasteiger partial charge in [0.15, 0.2) is 15.4 Å². The zero-order valence-corrected chi connectivity index (χ0v) is 21.3. The number of carbonyl (C=O) groups is 1. The molecule has 0 saturated carbocycles. The summed E-state index contributed by atoms with van der Waals surface area (Å²) in [5.41, 5.74) is -1.26. The van der Waals surface area contributed by atoms with Crippen LogP contribution in [0.4, 0.5) is 10.2 Å². The van der Waals surface area contributed by atoms with E-state index in [0.29, 0.717) is 0 Å². The van der Waals surface area contributed by atoms with Crippen molar-refractivity contribution < 1.29 is 22.3 Å². The Morgan fingerprint density at radius 1 is 1.15 bits per heavy atom. The number of amides is 1. The molecule has 2 saturated heterocycles. The first-order chi connectivity index (χ1) is 15.9. The maximum atomic E-state index is 13.6. The number of nitrogens with one attached hydrogen (secondary N) is 1. The van der Waals surface area contributed by atoms with Crippen molar-refractivity contribution in [3.8, 4) is 5.75 Å². The van der Waals surface area contributed by atoms with E-state index in [1.54, 1.807) is 26.0 Å². The smallest absolute Gasteiger partial charge is 0.263 e. The molecule has 11 heteroatoms. The van der Waals surface area contributed by atoms with Crippen molar-refractivity contribution in [1.82, 2.24) is 10.3 Å². The lowest BCUT2D eigenvalue weighted by Crippen LogP contribution is -2.55. The molecule has 1 N–H and O–H groups in total. The van der Waals surface area contributed by atoms with Crippen LogP contribution in [-0.4, -0.2) is 49.3 Å². The fourth-order valence-electron chi connectivity index (χ4n) is 4.68. The molecule has 2 bridgehead atoms. The van der Waals surface area contributed by atoms with Crippen molar-refractivity contribution in [3.05, 3.63) is 46.3 Å². The second kappa shape index (κ2) is 9.17. The van der Waals surface area contributed by atoms with Gasteiger partial charge < -0.3 is 15.0 Å². The zero-order chi connectivity index (χ0) is 24.8. The van der Waals surface area contributed by atoms with Gasteiger partial charge >= 0.3 is 0 Å². The molecule has 1 aromatic heterocycles. The minimum absolute atomic E-state index is 0.0494. The van der Waals surface area contributed by atoms with Crippen molar-refractivity contribution in [2.24, 2.45) is 0 Å². The zero-order valence-electron chi connectivity index (χ0n) is 19.0. The third-order valence-corrected chi connectivity index (χ3v) is 8.33. The Bertz CT molecular complexity index is 1190. The van der Waals surface area contributed by atoms with Gasteiger partial charge in [0.2, 0.25) is 0 Å². The number of carbonyl (C=O) groups excluding carboxylic acids is 1. The summed E-state index contributed by atoms with van der Waals surface area (Å²) >= 11 is 11.9. The molecular formula is C23H26Cl2FN3O4S. The predicted octanol–water partition coefficient (Wildman–Crippen LogP) is 4.40. The van der Waals surface area contributed by atoms with Crippen LogP contribution in [0.15, 0.2) is 35.4 Å². The van der Waals surface area contributed by atoms with Gasteiger partial charge in [-0.3, -0.25) is 4.79 Å². The first-order valence-corrected chi connectivity index (χ1v) is 13.6. The van der Waals surface area contributed by atoms with Crippen LogP contribution in [0.2, 0.25) is 10.0 Å². The molecule has 0 spiro atoms. The first-order valence-electron chi connectivity index (χ1n) is 10.9. The highest BCUT2D eigenvalue weighted by Gasteiger charge is 2.43. The van der Waals surface area contributed by atoms with Crippen LogP contribution in [0.25, 0.3) is 0 Å². The molecule has 1 aromatic carbocycles. The molecule has 2 fully saturated rings. The topological polar surface area (TPSA) is 88.6 Å². The number of fused-ring (bicyclic) bond motifs is 2. The van der Waals surface area contributed by atoms with Crippen LogP contribution in [0.5, 0.6) is 5.75 Å². The molecule has 1 amide bonds. The van der Waals surface area contributed by atoms with Crippen LogP contribution in [-0.2, 0) is 14.6 Å². The minimum atomic E-state index is -3.30. The molecule has 0 aliphatic carbocycles. The maximum Gasteiger partial charge on any atom is 0.263 e. The summed E-state index contributed by atoms with van der Waals surface area (Å²) < 4.78 is 42.8. The van der Waals surface area contributed by atoms with Crippen molar-refractivity contribution in [2.45, 2.75) is 68.2 Å². The van der Waals surface area contributed by atoms with E-state index in [9.17, 15) is 17.6 Å². The predicted molar refractivity (Wildman–Crippen MR) is 129 cm³/mol. The van der Waals surface area contributed by atoms with Crippen molar-refractivity contribution in [3.63, 3.8) is 0 Å². The van der Waals surface area contributed by atoms with Crippen molar-refractivity contribution >= 4 is 44.8 Å². The number of hydrogen-bond donors (Lipinski definition) is 1. The van der Waals surface area contributed by atoms with Gasteiger partial charge in [-0.05, 0) is 63.8 Å². The summed E-state index contributed by atoms with van der Waals surface area (Å²) in [5, 5.41) is 2.75. The molecule has 4 rings (SSSR count). The van der Waals surface area contributed by atoms with Gasteiger partial charge in [0.25, 0.3) is 5.91 Å². The third-order valence-electron chi connectivity index (χ3n) is 6.39. The van der Waals surface area contributed by atoms with Crippen LogP contribution in [0.1, 0.15) is 39.5 Å². The van der Waals surface area contributed by atoms with E-state index in [2.05, 4.69) is 15.2 Å². The number of nitrogens with zero attached hydrogens (tertiary/aromatic N) is 2. The molecule has 3 atom stereocenters. The van der Waals surface area contributed by atoms with Gasteiger partial charge in [-0.2, -0.15) is 0 Å². The molecule has 0 radical (unpaired) electrons. The average molecular weight is 530 g/mol. The van der Waals surface area contributed by atoms with Gasteiger partial charge in [0.1, 0.15) is 22.4 Å². The molecular weight excluding hydrogens is 504 g/mol. The number of anilines is 1. The second-order valence-electron chi connectivity index (χ2n) is 9.34. The molecule has 184 valence electrons. The molecule has 2 aliphatic heterocycles. The number of pyridine rings is 1. The highest BCUT2D eigenvalue weighted by atomic mass is 35.5. The molecule has 7 nitrogen and oxygen atoms in total. The first kappa shape index (κ1) is 25.0. The molecule has 3 heterocycles. The number of aromatic nitrogens is 1. The maximum absolute atomic E-state index is 13.6. The quantitative estimate of drug-likeness (QED) is 0.557. The lowest BCUT2D eigenvalue weighted by Gasteiger charge is -2.40. The highest BCUT2D eigenvalue weighted by molar-refractivity contribution is 7.90. The van der Waals surface area contributed by atoms with E-state index < -0.39 is 21.3 Å². The second-order valence-corrected chi connectivity index (χ2v) is 12.1. The van der Waals surface area contributed by atoms with Crippen LogP contribution in [0, 0.1) is 5.82 Å². The highest BCUT2D eigenvalue weighted by Crippen LogP contribution is 2.39. The third kappa shape index (κ3) is 4.97. The molecule has 34 heavy (non-hydrogen) atoms. The lowest BCUT2D eigenvalue weighted by molar-refractivity contribution is -0.135. The largest absolute Gasteiger partial charge is 0.476 e. The van der Waals surface area contributed by atoms with E-state index in [1.165, 1.54) is 12.3 Å². The number of ether oxygens (including phenoxy) is 1. The molecule has 1 unspecified atom stereocenters. The van der Waals surface area contributed by atoms with Gasteiger partial charge in [-0.15, -0.1) is 0 Å². The summed E-state index contributed by atoms with van der Waals surface area (Å²) in [4.78, 5) is 19.9. The van der Waals surface area contributed by atoms with Gasteiger partial charge in [0, 0.05) is 30.6 Å². The van der Waals surface area contributed by atoms with E-state index >= 15 is 0 Å². The normalized spacial score (nSPS) is 22.5. The van der Waals surface area contributed by atoms with E-state index in [4.69, 9.17) is 27.9 Å². The number of hydrogen-bond acceptors (Lipinski definition) is 6. The number of halogens is 3. The van der Waals surface area contributed by atoms with Gasteiger partial charge in [-0.1, -0.05) is 23.2 Å². The Morgan fingerprint density at radius 3 is 2.35 bits per heavy atom. The van der Waals surface area contributed by atoms with Crippen molar-refractivity contribution in [1.29, 1.82) is 0 Å². The van der Waals surface area contributed by atoms with Crippen LogP contribution in [0.3, 0.4) is 0 Å². The number of benzene rings is 1. The summed E-state index contributed by atoms with van der Waals surface area (Å²) in [6.07, 6.45) is 5.95. The Morgan fingerprint density at radius 2 is 1.79 bits per heavy atom. The Kier molecular flexibility index (Phi) is 6.74. The standard InChI is InChI=1S/C23H26Cl2FN3O4S/c1-23(2,33-18-8-7-17(26)20(24)21(18)25)22(30)28-13-10-14-4-5-15(11-13)29(14)19-9-6-16(12-27-19)34(3,31)32/h6-9,12-15H,4-5,10-11H2,1-3H3,(H,28,30)/t13?,14-,15+. The fraction of sp³-hybridized carbons (Fsp3) is 0.478. The molecule has 2 aromatic rings. The number of sulfone groups is 1. The van der Waals surface area contributed by atoms with E-state index in [1.807, 2.05) is 0 Å². The Labute approximate surface area is 208 Å². The van der Waals surface area contributed by atoms with Crippen molar-refractivity contribution in [2.75, 3.05) is 11.2 Å². The SMILES string of the molecule is CC(C)(Oc1ccc(F)c(Cl)c1Cl)C(=O)NC1C[C@H]2CC[C@@H](C1)N2c1ccc(S(C)(=O)=O)cn1. The Balaban J connectivity index is 1.42. The van der Waals surface area contributed by atoms with Crippen LogP contribution < -0.4 is 15.0 Å². The number of piperidine rings is 1. The fourth-order valence-corrected chi connectivity index (χ4v) is 5.59.